The average Bonchev–Trinajstić information content (AvgIpc) is 2.81. The lowest BCUT2D eigenvalue weighted by Gasteiger charge is -2.03. The molecule has 0 bridgehead atoms. The van der Waals surface area contributed by atoms with Gasteiger partial charge in [-0.05, 0) is 50.5 Å². The number of carbonyl (C=O) groups is 2. The lowest BCUT2D eigenvalue weighted by atomic mass is 10.0. The monoisotopic (exact) mass is 465 g/mol. The fourth-order valence-electron chi connectivity index (χ4n) is 1.75. The molecule has 1 aromatic heterocycles. The largest absolute Gasteiger partial charge is 0.481 e. The van der Waals surface area contributed by atoms with Crippen molar-refractivity contribution >= 4 is 23.7 Å². The number of Topliss-reactive ketones (excluding diaryl/α,β-unsaturated/α-hetero) is 1. The summed E-state index contributed by atoms with van der Waals surface area (Å²) < 4.78 is 4.80. The van der Waals surface area contributed by atoms with E-state index < -0.39 is 0 Å². The quantitative estimate of drug-likeness (QED) is 0.329. The summed E-state index contributed by atoms with van der Waals surface area (Å²) in [6, 6.07) is 9.32. The fraction of sp³-hybridized carbons (Fsp3) is 0.519. The normalized spacial score (nSPS) is 8.56. The number of ether oxygens (including phenoxy) is 1. The molecule has 0 saturated heterocycles. The van der Waals surface area contributed by atoms with E-state index in [-0.39, 0.29) is 5.78 Å². The molecule has 182 valence electrons. The third kappa shape index (κ3) is 21.0. The topological polar surface area (TPSA) is 56.3 Å². The van der Waals surface area contributed by atoms with Crippen molar-refractivity contribution in [1.29, 1.82) is 0 Å². The van der Waals surface area contributed by atoms with Crippen LogP contribution in [0, 0.1) is 6.92 Å². The van der Waals surface area contributed by atoms with Gasteiger partial charge in [-0.1, -0.05) is 84.0 Å². The fourth-order valence-corrected chi connectivity index (χ4v) is 1.87. The highest BCUT2D eigenvalue weighted by Crippen LogP contribution is 2.12. The molecule has 2 aromatic rings. The highest BCUT2D eigenvalue weighted by atomic mass is 35.5. The molecule has 0 aliphatic heterocycles. The average molecular weight is 466 g/mol. The predicted molar refractivity (Wildman–Crippen MR) is 139 cm³/mol. The summed E-state index contributed by atoms with van der Waals surface area (Å²) in [6.45, 7) is 15.9. The number of aromatic nitrogens is 1. The van der Waals surface area contributed by atoms with E-state index in [4.69, 9.17) is 21.1 Å². The number of halogens is 1. The van der Waals surface area contributed by atoms with Crippen LogP contribution in [0.2, 0.25) is 5.02 Å². The van der Waals surface area contributed by atoms with E-state index in [0.717, 1.165) is 18.3 Å². The number of methoxy groups -OCH3 is 1. The third-order valence-electron chi connectivity index (χ3n) is 4.05. The number of carbonyl (C=O) groups excluding carboxylic acids is 2. The van der Waals surface area contributed by atoms with Crippen LogP contribution in [0.1, 0.15) is 95.6 Å². The Morgan fingerprint density at radius 3 is 1.81 bits per heavy atom. The number of rotatable bonds is 5. The second-order valence-electron chi connectivity index (χ2n) is 6.81. The molecule has 2 rings (SSSR count). The zero-order chi connectivity index (χ0) is 25.4. The third-order valence-corrected chi connectivity index (χ3v) is 4.27. The lowest BCUT2D eigenvalue weighted by Crippen LogP contribution is -1.95. The molecule has 0 saturated carbocycles. The van der Waals surface area contributed by atoms with Gasteiger partial charge in [0.25, 0.3) is 0 Å². The minimum absolute atomic E-state index is 0.143. The summed E-state index contributed by atoms with van der Waals surface area (Å²) >= 11 is 5.55. The van der Waals surface area contributed by atoms with Crippen LogP contribution < -0.4 is 4.74 Å². The van der Waals surface area contributed by atoms with Crippen LogP contribution in [0.25, 0.3) is 0 Å². The SMILES string of the molecule is CC=O.CCCC.CCCC.CCc1cc(C(C)=O)ccc1C.COc1ccc(Cl)cn1. The highest BCUT2D eigenvalue weighted by molar-refractivity contribution is 6.30. The van der Waals surface area contributed by atoms with Crippen LogP contribution in [0.3, 0.4) is 0 Å². The van der Waals surface area contributed by atoms with Gasteiger partial charge in [0.05, 0.1) is 12.1 Å². The maximum Gasteiger partial charge on any atom is 0.212 e. The van der Waals surface area contributed by atoms with Crippen molar-refractivity contribution in [2.45, 2.75) is 87.5 Å². The first-order valence-electron chi connectivity index (χ1n) is 11.4. The number of ketones is 1. The number of nitrogens with zero attached hydrogens (tertiary/aromatic N) is 1. The molecule has 0 amide bonds. The van der Waals surface area contributed by atoms with Crippen LogP contribution in [-0.4, -0.2) is 24.2 Å². The van der Waals surface area contributed by atoms with Gasteiger partial charge in [0.1, 0.15) is 6.29 Å². The van der Waals surface area contributed by atoms with Gasteiger partial charge in [0, 0.05) is 17.8 Å². The first-order chi connectivity index (χ1) is 15.2. The Hall–Kier alpha value is -2.20. The smallest absolute Gasteiger partial charge is 0.212 e. The van der Waals surface area contributed by atoms with Crippen molar-refractivity contribution in [1.82, 2.24) is 4.98 Å². The van der Waals surface area contributed by atoms with E-state index in [1.54, 1.807) is 32.4 Å². The molecule has 0 atom stereocenters. The minimum Gasteiger partial charge on any atom is -0.481 e. The van der Waals surface area contributed by atoms with Gasteiger partial charge in [0.15, 0.2) is 5.78 Å². The number of pyridine rings is 1. The van der Waals surface area contributed by atoms with E-state index in [1.165, 1.54) is 43.7 Å². The van der Waals surface area contributed by atoms with Gasteiger partial charge in [-0.2, -0.15) is 0 Å². The van der Waals surface area contributed by atoms with Gasteiger partial charge in [-0.3, -0.25) is 4.79 Å². The second kappa shape index (κ2) is 25.1. The minimum atomic E-state index is 0.143. The van der Waals surface area contributed by atoms with E-state index in [2.05, 4.69) is 46.5 Å². The van der Waals surface area contributed by atoms with E-state index in [9.17, 15) is 4.79 Å². The summed E-state index contributed by atoms with van der Waals surface area (Å²) in [4.78, 5) is 23.7. The van der Waals surface area contributed by atoms with Crippen LogP contribution in [0.5, 0.6) is 5.88 Å². The van der Waals surface area contributed by atoms with Crippen LogP contribution in [0.4, 0.5) is 0 Å². The number of benzene rings is 1. The Bertz CT molecular complexity index is 693. The lowest BCUT2D eigenvalue weighted by molar-refractivity contribution is -0.106. The number of aldehydes is 1. The molecule has 0 spiro atoms. The van der Waals surface area contributed by atoms with Crippen LogP contribution in [-0.2, 0) is 11.2 Å². The molecule has 1 aromatic carbocycles. The van der Waals surface area contributed by atoms with E-state index in [1.807, 2.05) is 18.2 Å². The number of hydrogen-bond acceptors (Lipinski definition) is 4. The molecule has 5 heteroatoms. The van der Waals surface area contributed by atoms with Crippen molar-refractivity contribution in [3.8, 4) is 5.88 Å². The summed E-state index contributed by atoms with van der Waals surface area (Å²) in [5.41, 5.74) is 3.35. The number of aryl methyl sites for hydroxylation is 2. The second-order valence-corrected chi connectivity index (χ2v) is 7.24. The molecule has 0 aliphatic carbocycles. The van der Waals surface area contributed by atoms with Gasteiger partial charge >= 0.3 is 0 Å². The zero-order valence-corrected chi connectivity index (χ0v) is 22.4. The molecule has 4 nitrogen and oxygen atoms in total. The van der Waals surface area contributed by atoms with Crippen molar-refractivity contribution in [2.75, 3.05) is 7.11 Å². The van der Waals surface area contributed by atoms with Crippen LogP contribution in [0.15, 0.2) is 36.5 Å². The molecular weight excluding hydrogens is 422 g/mol. The first-order valence-corrected chi connectivity index (χ1v) is 11.8. The van der Waals surface area contributed by atoms with Crippen LogP contribution >= 0.6 is 11.6 Å². The van der Waals surface area contributed by atoms with Crippen molar-refractivity contribution in [3.05, 3.63) is 58.2 Å². The number of hydrogen-bond donors (Lipinski definition) is 0. The molecular formula is C27H44ClNO3. The summed E-state index contributed by atoms with van der Waals surface area (Å²) in [5, 5.41) is 0.621. The van der Waals surface area contributed by atoms with Crippen molar-refractivity contribution < 1.29 is 14.3 Å². The summed E-state index contributed by atoms with van der Waals surface area (Å²) in [7, 11) is 1.57. The molecule has 0 fully saturated rings. The maximum atomic E-state index is 11.0. The molecule has 0 radical (unpaired) electrons. The van der Waals surface area contributed by atoms with Gasteiger partial charge in [-0.25, -0.2) is 4.98 Å². The Morgan fingerprint density at radius 2 is 1.50 bits per heavy atom. The molecule has 0 unspecified atom stereocenters. The molecule has 1 heterocycles. The van der Waals surface area contributed by atoms with E-state index >= 15 is 0 Å². The molecule has 0 aliphatic rings. The Balaban J connectivity index is -0.000000370. The Labute approximate surface area is 201 Å². The van der Waals surface area contributed by atoms with Gasteiger partial charge in [0.2, 0.25) is 5.88 Å². The Kier molecular flexibility index (Phi) is 27.0. The van der Waals surface area contributed by atoms with E-state index in [0.29, 0.717) is 10.9 Å². The van der Waals surface area contributed by atoms with Crippen molar-refractivity contribution in [2.24, 2.45) is 0 Å². The summed E-state index contributed by atoms with van der Waals surface area (Å²) in [6.07, 6.45) is 8.56. The highest BCUT2D eigenvalue weighted by Gasteiger charge is 2.01. The summed E-state index contributed by atoms with van der Waals surface area (Å²) in [5.74, 6) is 0.726. The first kappa shape index (κ1) is 34.4. The van der Waals surface area contributed by atoms with Gasteiger partial charge in [-0.15, -0.1) is 0 Å². The molecule has 32 heavy (non-hydrogen) atoms. The predicted octanol–water partition coefficient (Wildman–Crippen LogP) is 8.32. The van der Waals surface area contributed by atoms with Crippen molar-refractivity contribution in [3.63, 3.8) is 0 Å². The maximum absolute atomic E-state index is 11.0. The molecule has 0 N–H and O–H groups in total. The Morgan fingerprint density at radius 1 is 1.00 bits per heavy atom. The standard InChI is InChI=1S/C11H14O.C6H6ClNO.2C4H10.C2H4O/c1-4-10-7-11(9(3)12)6-5-8(10)2;1-9-6-3-2-5(7)4-8-6;2*1-3-4-2;1-2-3/h5-7H,4H2,1-3H3;2-4H,1H3;2*3-4H2,1-2H3;2H,1H3. The number of unbranched alkanes of at least 4 members (excludes halogenated alkanes) is 2. The zero-order valence-electron chi connectivity index (χ0n) is 21.6. The van der Waals surface area contributed by atoms with Gasteiger partial charge < -0.3 is 9.53 Å².